The summed E-state index contributed by atoms with van der Waals surface area (Å²) in [7, 11) is 0. The van der Waals surface area contributed by atoms with Gasteiger partial charge in [-0.2, -0.15) is 0 Å². The fraction of sp³-hybridized carbons (Fsp3) is 0.714. The second-order valence-electron chi connectivity index (χ2n) is 5.61. The number of thiophene rings is 1. The summed E-state index contributed by atoms with van der Waals surface area (Å²) in [5, 5.41) is 3.52. The molecule has 3 nitrogen and oxygen atoms in total. The number of ether oxygens (including phenoxy) is 2. The van der Waals surface area contributed by atoms with Crippen molar-refractivity contribution in [1.82, 2.24) is 5.32 Å². The van der Waals surface area contributed by atoms with Crippen LogP contribution in [-0.2, 0) is 28.9 Å². The number of fused-ring (bicyclic) bond motifs is 1. The third-order valence-electron chi connectivity index (χ3n) is 3.63. The summed E-state index contributed by atoms with van der Waals surface area (Å²) < 4.78 is 11.3. The van der Waals surface area contributed by atoms with Crippen molar-refractivity contribution in [2.24, 2.45) is 0 Å². The van der Waals surface area contributed by atoms with E-state index >= 15 is 0 Å². The van der Waals surface area contributed by atoms with E-state index in [1.165, 1.54) is 24.1 Å². The van der Waals surface area contributed by atoms with Crippen molar-refractivity contribution in [1.29, 1.82) is 0 Å². The maximum Gasteiger partial charge on any atom is 0.162 e. The van der Waals surface area contributed by atoms with E-state index in [0.29, 0.717) is 6.04 Å². The molecule has 18 heavy (non-hydrogen) atoms. The first-order valence-corrected chi connectivity index (χ1v) is 7.56. The Hall–Kier alpha value is -0.420. The number of rotatable bonds is 3. The maximum absolute atomic E-state index is 5.65. The summed E-state index contributed by atoms with van der Waals surface area (Å²) in [6.07, 6.45) is 3.90. The van der Waals surface area contributed by atoms with Crippen LogP contribution in [-0.4, -0.2) is 25.0 Å². The molecule has 0 unspecified atom stereocenters. The predicted molar refractivity (Wildman–Crippen MR) is 73.0 cm³/mol. The van der Waals surface area contributed by atoms with E-state index in [9.17, 15) is 0 Å². The van der Waals surface area contributed by atoms with Gasteiger partial charge >= 0.3 is 0 Å². The Morgan fingerprint density at radius 1 is 1.33 bits per heavy atom. The highest BCUT2D eigenvalue weighted by molar-refractivity contribution is 7.12. The highest BCUT2D eigenvalue weighted by atomic mass is 32.1. The van der Waals surface area contributed by atoms with Crippen LogP contribution in [0.4, 0.5) is 0 Å². The molecule has 0 bridgehead atoms. The van der Waals surface area contributed by atoms with Crippen molar-refractivity contribution in [3.8, 4) is 0 Å². The van der Waals surface area contributed by atoms with Gasteiger partial charge in [0.1, 0.15) is 0 Å². The van der Waals surface area contributed by atoms with E-state index in [0.717, 1.165) is 19.8 Å². The molecule has 1 aromatic heterocycles. The monoisotopic (exact) mass is 267 g/mol. The molecule has 100 valence electrons. The third-order valence-corrected chi connectivity index (χ3v) is 4.86. The van der Waals surface area contributed by atoms with E-state index in [1.54, 1.807) is 10.4 Å². The molecule has 0 amide bonds. The third kappa shape index (κ3) is 2.77. The first-order chi connectivity index (χ1) is 8.62. The van der Waals surface area contributed by atoms with Crippen molar-refractivity contribution in [2.45, 2.75) is 51.5 Å². The van der Waals surface area contributed by atoms with Gasteiger partial charge in [-0.05, 0) is 44.7 Å². The lowest BCUT2D eigenvalue weighted by atomic mass is 10.2. The van der Waals surface area contributed by atoms with Crippen LogP contribution in [0, 0.1) is 0 Å². The zero-order valence-electron chi connectivity index (χ0n) is 11.1. The number of hydrogen-bond acceptors (Lipinski definition) is 4. The molecule has 1 N–H and O–H groups in total. The standard InChI is InChI=1S/C14H21NO2S/c1-14(2)16-8-11(9-17-14)15-7-12-6-10-4-3-5-13(10)18-12/h6,11,15H,3-5,7-9H2,1-2H3. The van der Waals surface area contributed by atoms with Crippen LogP contribution >= 0.6 is 11.3 Å². The molecular weight excluding hydrogens is 246 g/mol. The Bertz CT molecular complexity index is 396. The van der Waals surface area contributed by atoms with Gasteiger partial charge in [0, 0.05) is 16.3 Å². The lowest BCUT2D eigenvalue weighted by Gasteiger charge is -2.35. The van der Waals surface area contributed by atoms with Crippen LogP contribution in [0.25, 0.3) is 0 Å². The minimum absolute atomic E-state index is 0.315. The Balaban J connectivity index is 1.49. The first-order valence-electron chi connectivity index (χ1n) is 6.74. The SMILES string of the molecule is CC1(C)OCC(NCc2cc3c(s2)CCC3)CO1. The van der Waals surface area contributed by atoms with Crippen LogP contribution in [0.2, 0.25) is 0 Å². The number of aryl methyl sites for hydroxylation is 2. The molecule has 1 aliphatic carbocycles. The summed E-state index contributed by atoms with van der Waals surface area (Å²) in [5.74, 6) is -0.414. The topological polar surface area (TPSA) is 30.5 Å². The minimum atomic E-state index is -0.414. The van der Waals surface area contributed by atoms with Crippen molar-refractivity contribution in [2.75, 3.05) is 13.2 Å². The molecule has 1 aliphatic heterocycles. The van der Waals surface area contributed by atoms with Gasteiger partial charge in [0.05, 0.1) is 19.3 Å². The predicted octanol–water partition coefficient (Wildman–Crippen LogP) is 2.48. The minimum Gasteiger partial charge on any atom is -0.349 e. The van der Waals surface area contributed by atoms with Gasteiger partial charge in [-0.1, -0.05) is 0 Å². The van der Waals surface area contributed by atoms with Gasteiger partial charge in [0.25, 0.3) is 0 Å². The lowest BCUT2D eigenvalue weighted by molar-refractivity contribution is -0.253. The van der Waals surface area contributed by atoms with Crippen LogP contribution < -0.4 is 5.32 Å². The molecule has 0 aromatic carbocycles. The molecule has 2 heterocycles. The molecule has 1 aromatic rings. The molecular formula is C14H21NO2S. The smallest absolute Gasteiger partial charge is 0.162 e. The molecule has 0 atom stereocenters. The van der Waals surface area contributed by atoms with Gasteiger partial charge in [-0.3, -0.25) is 0 Å². The Labute approximate surface area is 112 Å². The van der Waals surface area contributed by atoms with Crippen molar-refractivity contribution >= 4 is 11.3 Å². The normalized spacial score (nSPS) is 23.2. The highest BCUT2D eigenvalue weighted by Gasteiger charge is 2.28. The second kappa shape index (κ2) is 4.93. The summed E-state index contributed by atoms with van der Waals surface area (Å²) in [6, 6.07) is 2.68. The Kier molecular flexibility index (Phi) is 3.45. The van der Waals surface area contributed by atoms with E-state index in [4.69, 9.17) is 9.47 Å². The van der Waals surface area contributed by atoms with E-state index in [-0.39, 0.29) is 0 Å². The van der Waals surface area contributed by atoms with Gasteiger partial charge in [0.15, 0.2) is 5.79 Å². The fourth-order valence-electron chi connectivity index (χ4n) is 2.53. The summed E-state index contributed by atoms with van der Waals surface area (Å²) in [4.78, 5) is 3.05. The van der Waals surface area contributed by atoms with Crippen LogP contribution in [0.5, 0.6) is 0 Å². The zero-order valence-corrected chi connectivity index (χ0v) is 11.9. The lowest BCUT2D eigenvalue weighted by Crippen LogP contribution is -2.48. The molecule has 0 saturated carbocycles. The molecule has 0 radical (unpaired) electrons. The zero-order chi connectivity index (χ0) is 12.6. The van der Waals surface area contributed by atoms with E-state index in [1.807, 2.05) is 25.2 Å². The van der Waals surface area contributed by atoms with Crippen molar-refractivity contribution in [3.05, 3.63) is 21.4 Å². The first kappa shape index (κ1) is 12.6. The van der Waals surface area contributed by atoms with Crippen LogP contribution in [0.3, 0.4) is 0 Å². The number of nitrogens with one attached hydrogen (secondary N) is 1. The van der Waals surface area contributed by atoms with Crippen LogP contribution in [0.1, 0.15) is 35.6 Å². The van der Waals surface area contributed by atoms with Gasteiger partial charge < -0.3 is 14.8 Å². The van der Waals surface area contributed by atoms with Crippen molar-refractivity contribution in [3.63, 3.8) is 0 Å². The largest absolute Gasteiger partial charge is 0.349 e. The van der Waals surface area contributed by atoms with Gasteiger partial charge in [-0.25, -0.2) is 0 Å². The highest BCUT2D eigenvalue weighted by Crippen LogP contribution is 2.30. The average molecular weight is 267 g/mol. The molecule has 1 saturated heterocycles. The molecule has 3 rings (SSSR count). The Morgan fingerprint density at radius 2 is 2.11 bits per heavy atom. The molecule has 0 spiro atoms. The second-order valence-corrected chi connectivity index (χ2v) is 6.84. The Morgan fingerprint density at radius 3 is 2.83 bits per heavy atom. The molecule has 2 aliphatic rings. The maximum atomic E-state index is 5.65. The average Bonchev–Trinajstić information content (AvgIpc) is 2.88. The van der Waals surface area contributed by atoms with Gasteiger partial charge in [0.2, 0.25) is 0 Å². The van der Waals surface area contributed by atoms with E-state index in [2.05, 4.69) is 11.4 Å². The van der Waals surface area contributed by atoms with Crippen LogP contribution in [0.15, 0.2) is 6.07 Å². The van der Waals surface area contributed by atoms with E-state index < -0.39 is 5.79 Å². The number of hydrogen-bond donors (Lipinski definition) is 1. The quantitative estimate of drug-likeness (QED) is 0.912. The van der Waals surface area contributed by atoms with Crippen molar-refractivity contribution < 1.29 is 9.47 Å². The fourth-order valence-corrected chi connectivity index (χ4v) is 3.74. The summed E-state index contributed by atoms with van der Waals surface area (Å²) in [5.41, 5.74) is 1.58. The molecule has 4 heteroatoms. The molecule has 1 fully saturated rings. The summed E-state index contributed by atoms with van der Waals surface area (Å²) >= 11 is 1.97. The summed E-state index contributed by atoms with van der Waals surface area (Å²) in [6.45, 7) is 6.34. The van der Waals surface area contributed by atoms with Gasteiger partial charge in [-0.15, -0.1) is 11.3 Å².